The number of pyridine rings is 1. The van der Waals surface area contributed by atoms with Crippen molar-refractivity contribution in [2.24, 2.45) is 5.92 Å². The highest BCUT2D eigenvalue weighted by Gasteiger charge is 2.30. The predicted molar refractivity (Wildman–Crippen MR) is 67.6 cm³/mol. The summed E-state index contributed by atoms with van der Waals surface area (Å²) in [5, 5.41) is 3.25. The molecule has 3 nitrogen and oxygen atoms in total. The van der Waals surface area contributed by atoms with Gasteiger partial charge in [0.05, 0.1) is 12.2 Å². The summed E-state index contributed by atoms with van der Waals surface area (Å²) in [6.45, 7) is 2.40. The number of aromatic nitrogens is 1. The van der Waals surface area contributed by atoms with Gasteiger partial charge in [0.2, 0.25) is 5.88 Å². The lowest BCUT2D eigenvalue weighted by molar-refractivity contribution is -0.137. The van der Waals surface area contributed by atoms with E-state index in [9.17, 15) is 13.2 Å². The molecule has 0 spiro atoms. The van der Waals surface area contributed by atoms with Crippen LogP contribution in [-0.2, 0) is 6.18 Å². The molecule has 0 amide bonds. The Bertz CT molecular complexity index is 378. The number of nitrogens with one attached hydrogen (secondary N) is 1. The largest absolute Gasteiger partial charge is 0.477 e. The summed E-state index contributed by atoms with van der Waals surface area (Å²) in [6, 6.07) is 2.25. The fraction of sp³-hybridized carbons (Fsp3) is 0.583. The van der Waals surface area contributed by atoms with Crippen molar-refractivity contribution in [2.75, 3.05) is 19.7 Å². The third-order valence-corrected chi connectivity index (χ3v) is 2.93. The molecular weight excluding hydrogens is 281 g/mol. The molecule has 0 radical (unpaired) electrons. The summed E-state index contributed by atoms with van der Waals surface area (Å²) in [7, 11) is 0. The molecule has 1 N–H and O–H groups in total. The summed E-state index contributed by atoms with van der Waals surface area (Å²) in [6.07, 6.45) is -1.37. The van der Waals surface area contributed by atoms with E-state index in [0.717, 1.165) is 38.2 Å². The van der Waals surface area contributed by atoms with E-state index in [4.69, 9.17) is 4.74 Å². The van der Waals surface area contributed by atoms with E-state index in [1.54, 1.807) is 0 Å². The molecule has 2 rings (SSSR count). The molecule has 1 saturated heterocycles. The fourth-order valence-electron chi connectivity index (χ4n) is 1.90. The van der Waals surface area contributed by atoms with Gasteiger partial charge in [0.25, 0.3) is 0 Å². The van der Waals surface area contributed by atoms with E-state index < -0.39 is 11.7 Å². The SMILES string of the molecule is Cl.FC(F)(F)c1ccc(OCC2CCCNC2)nc1. The molecule has 1 aromatic rings. The molecule has 1 aliphatic rings. The molecule has 19 heavy (non-hydrogen) atoms. The maximum absolute atomic E-state index is 12.3. The lowest BCUT2D eigenvalue weighted by atomic mass is 10.0. The number of alkyl halides is 3. The van der Waals surface area contributed by atoms with Crippen molar-refractivity contribution in [3.8, 4) is 5.88 Å². The highest BCUT2D eigenvalue weighted by Crippen LogP contribution is 2.29. The monoisotopic (exact) mass is 296 g/mol. The average Bonchev–Trinajstić information content (AvgIpc) is 2.37. The first-order chi connectivity index (χ1) is 8.55. The van der Waals surface area contributed by atoms with Gasteiger partial charge in [-0.15, -0.1) is 12.4 Å². The molecule has 1 unspecified atom stereocenters. The number of hydrogen-bond donors (Lipinski definition) is 1. The highest BCUT2D eigenvalue weighted by molar-refractivity contribution is 5.85. The number of halogens is 4. The van der Waals surface area contributed by atoms with Crippen LogP contribution in [0.3, 0.4) is 0 Å². The van der Waals surface area contributed by atoms with Crippen LogP contribution in [0.15, 0.2) is 18.3 Å². The van der Waals surface area contributed by atoms with Crippen LogP contribution < -0.4 is 10.1 Å². The van der Waals surface area contributed by atoms with E-state index >= 15 is 0 Å². The van der Waals surface area contributed by atoms with Crippen molar-refractivity contribution >= 4 is 12.4 Å². The summed E-state index contributed by atoms with van der Waals surface area (Å²) < 4.78 is 42.3. The van der Waals surface area contributed by atoms with E-state index in [0.29, 0.717) is 12.5 Å². The van der Waals surface area contributed by atoms with Crippen LogP contribution in [0.25, 0.3) is 0 Å². The van der Waals surface area contributed by atoms with Gasteiger partial charge in [0.15, 0.2) is 0 Å². The molecular formula is C12H16ClF3N2O. The lowest BCUT2D eigenvalue weighted by Crippen LogP contribution is -2.33. The van der Waals surface area contributed by atoms with Crippen molar-refractivity contribution in [1.82, 2.24) is 10.3 Å². The molecule has 108 valence electrons. The van der Waals surface area contributed by atoms with Crippen molar-refractivity contribution < 1.29 is 17.9 Å². The topological polar surface area (TPSA) is 34.1 Å². The molecule has 0 aromatic carbocycles. The van der Waals surface area contributed by atoms with Crippen LogP contribution in [-0.4, -0.2) is 24.7 Å². The zero-order chi connectivity index (χ0) is 13.0. The van der Waals surface area contributed by atoms with Crippen LogP contribution in [0.4, 0.5) is 13.2 Å². The second-order valence-corrected chi connectivity index (χ2v) is 4.41. The van der Waals surface area contributed by atoms with Gasteiger partial charge in [-0.1, -0.05) is 0 Å². The molecule has 1 aromatic heterocycles. The van der Waals surface area contributed by atoms with Gasteiger partial charge in [0, 0.05) is 24.7 Å². The number of nitrogens with zero attached hydrogens (tertiary/aromatic N) is 1. The summed E-state index contributed by atoms with van der Waals surface area (Å²) >= 11 is 0. The minimum absolute atomic E-state index is 0. The Morgan fingerprint density at radius 1 is 1.37 bits per heavy atom. The minimum atomic E-state index is -4.35. The molecule has 1 aliphatic heterocycles. The molecule has 0 bridgehead atoms. The third-order valence-electron chi connectivity index (χ3n) is 2.93. The minimum Gasteiger partial charge on any atom is -0.477 e. The predicted octanol–water partition coefficient (Wildman–Crippen LogP) is 2.90. The summed E-state index contributed by atoms with van der Waals surface area (Å²) in [5.41, 5.74) is -0.755. The maximum atomic E-state index is 12.3. The first-order valence-corrected chi connectivity index (χ1v) is 5.92. The Morgan fingerprint density at radius 2 is 2.16 bits per heavy atom. The fourth-order valence-corrected chi connectivity index (χ4v) is 1.90. The maximum Gasteiger partial charge on any atom is 0.417 e. The van der Waals surface area contributed by atoms with Crippen LogP contribution in [0.5, 0.6) is 5.88 Å². The first kappa shape index (κ1) is 16.0. The summed E-state index contributed by atoms with van der Waals surface area (Å²) in [4.78, 5) is 3.67. The molecule has 1 atom stereocenters. The van der Waals surface area contributed by atoms with Crippen LogP contribution in [0, 0.1) is 5.92 Å². The van der Waals surface area contributed by atoms with E-state index in [1.807, 2.05) is 0 Å². The number of piperidine rings is 1. The van der Waals surface area contributed by atoms with Gasteiger partial charge in [-0.05, 0) is 25.5 Å². The Labute approximate surface area is 116 Å². The Hall–Kier alpha value is -1.01. The van der Waals surface area contributed by atoms with Crippen LogP contribution >= 0.6 is 12.4 Å². The molecule has 0 aliphatic carbocycles. The Balaban J connectivity index is 0.00000180. The third kappa shape index (κ3) is 4.87. The van der Waals surface area contributed by atoms with Crippen LogP contribution in [0.1, 0.15) is 18.4 Å². The van der Waals surface area contributed by atoms with Gasteiger partial charge < -0.3 is 10.1 Å². The second-order valence-electron chi connectivity index (χ2n) is 4.41. The van der Waals surface area contributed by atoms with Gasteiger partial charge in [-0.2, -0.15) is 13.2 Å². The molecule has 2 heterocycles. The van der Waals surface area contributed by atoms with Crippen molar-refractivity contribution in [3.63, 3.8) is 0 Å². The van der Waals surface area contributed by atoms with E-state index in [2.05, 4.69) is 10.3 Å². The second kappa shape index (κ2) is 6.96. The normalized spacial score (nSPS) is 19.6. The van der Waals surface area contributed by atoms with Gasteiger partial charge in [0.1, 0.15) is 0 Å². The van der Waals surface area contributed by atoms with E-state index in [1.165, 1.54) is 6.07 Å². The quantitative estimate of drug-likeness (QED) is 0.931. The van der Waals surface area contributed by atoms with Crippen molar-refractivity contribution in [3.05, 3.63) is 23.9 Å². The Morgan fingerprint density at radius 3 is 2.68 bits per heavy atom. The zero-order valence-corrected chi connectivity index (χ0v) is 11.1. The molecule has 1 fully saturated rings. The summed E-state index contributed by atoms with van der Waals surface area (Å²) in [5.74, 6) is 0.649. The highest BCUT2D eigenvalue weighted by atomic mass is 35.5. The van der Waals surface area contributed by atoms with Crippen molar-refractivity contribution in [1.29, 1.82) is 0 Å². The smallest absolute Gasteiger partial charge is 0.417 e. The molecule has 7 heteroatoms. The number of hydrogen-bond acceptors (Lipinski definition) is 3. The van der Waals surface area contributed by atoms with Gasteiger partial charge in [-0.25, -0.2) is 4.98 Å². The first-order valence-electron chi connectivity index (χ1n) is 5.92. The number of rotatable bonds is 3. The lowest BCUT2D eigenvalue weighted by Gasteiger charge is -2.22. The zero-order valence-electron chi connectivity index (χ0n) is 10.2. The van der Waals surface area contributed by atoms with Gasteiger partial charge >= 0.3 is 6.18 Å². The average molecular weight is 297 g/mol. The number of ether oxygens (including phenoxy) is 1. The molecule has 0 saturated carbocycles. The van der Waals surface area contributed by atoms with Gasteiger partial charge in [-0.3, -0.25) is 0 Å². The Kier molecular flexibility index (Phi) is 5.87. The van der Waals surface area contributed by atoms with Crippen LogP contribution in [0.2, 0.25) is 0 Å². The van der Waals surface area contributed by atoms with Crippen molar-refractivity contribution in [2.45, 2.75) is 19.0 Å². The standard InChI is InChI=1S/C12H15F3N2O.ClH/c13-12(14,15)10-3-4-11(17-7-10)18-8-9-2-1-5-16-6-9;/h3-4,7,9,16H,1-2,5-6,8H2;1H. The van der Waals surface area contributed by atoms with E-state index in [-0.39, 0.29) is 18.3 Å².